The summed E-state index contributed by atoms with van der Waals surface area (Å²) in [6.07, 6.45) is 0. The summed E-state index contributed by atoms with van der Waals surface area (Å²) in [5.41, 5.74) is 1.76. The van der Waals surface area contributed by atoms with E-state index in [1.54, 1.807) is 14.0 Å². The van der Waals surface area contributed by atoms with Crippen molar-refractivity contribution in [2.75, 3.05) is 12.4 Å². The number of methoxy groups -OCH3 is 1. The minimum absolute atomic E-state index is 0.0732. The van der Waals surface area contributed by atoms with Crippen LogP contribution in [0.4, 0.5) is 11.4 Å². The number of benzene rings is 2. The van der Waals surface area contributed by atoms with Crippen molar-refractivity contribution in [1.29, 1.82) is 0 Å². The van der Waals surface area contributed by atoms with Gasteiger partial charge in [0, 0.05) is 12.1 Å². The number of amides is 1. The predicted octanol–water partition coefficient (Wildman–Crippen LogP) is 3.66. The van der Waals surface area contributed by atoms with E-state index in [9.17, 15) is 14.9 Å². The third-order valence-electron chi connectivity index (χ3n) is 4.08. The number of ether oxygens (including phenoxy) is 1. The van der Waals surface area contributed by atoms with Gasteiger partial charge in [0.25, 0.3) is 5.69 Å². The number of non-ortho nitro benzene ring substituents is 1. The Labute approximate surface area is 180 Å². The van der Waals surface area contributed by atoms with Gasteiger partial charge >= 0.3 is 0 Å². The van der Waals surface area contributed by atoms with Crippen LogP contribution < -0.4 is 10.1 Å². The number of nitrogens with zero attached hydrogens (tertiary/aromatic N) is 5. The summed E-state index contributed by atoms with van der Waals surface area (Å²) in [6, 6.07) is 9.43. The van der Waals surface area contributed by atoms with Crippen LogP contribution in [0.15, 0.2) is 41.6 Å². The number of aryl methyl sites for hydroxylation is 1. The predicted molar refractivity (Wildman–Crippen MR) is 112 cm³/mol. The maximum atomic E-state index is 12.6. The van der Waals surface area contributed by atoms with E-state index in [1.165, 1.54) is 22.9 Å². The van der Waals surface area contributed by atoms with Crippen LogP contribution in [0.5, 0.6) is 5.75 Å². The first-order chi connectivity index (χ1) is 14.3. The molecule has 0 bridgehead atoms. The van der Waals surface area contributed by atoms with E-state index in [0.717, 1.165) is 17.3 Å². The van der Waals surface area contributed by atoms with Crippen LogP contribution in [0.1, 0.15) is 12.5 Å². The number of hydrogen-bond donors (Lipinski definition) is 1. The number of tetrazole rings is 1. The third kappa shape index (κ3) is 4.69. The highest BCUT2D eigenvalue weighted by atomic mass is 35.5. The molecule has 2 aromatic carbocycles. The Kier molecular flexibility index (Phi) is 6.53. The number of carbonyl (C=O) groups excluding carboxylic acids is 1. The van der Waals surface area contributed by atoms with E-state index < -0.39 is 10.2 Å². The standard InChI is InChI=1S/C18H17ClN6O4S/c1-10-4-7-16(29-3)15(8-10)24-18(21-22-23-24)30-11(2)17(26)20-14-6-5-12(25(27)28)9-13(14)19/h4-9,11H,1-3H3,(H,20,26)/t11-/m1/s1. The quantitative estimate of drug-likeness (QED) is 0.329. The highest BCUT2D eigenvalue weighted by molar-refractivity contribution is 8.00. The largest absolute Gasteiger partial charge is 0.494 e. The van der Waals surface area contributed by atoms with Crippen molar-refractivity contribution < 1.29 is 14.5 Å². The smallest absolute Gasteiger partial charge is 0.271 e. The van der Waals surface area contributed by atoms with Gasteiger partial charge < -0.3 is 10.1 Å². The molecule has 0 aliphatic rings. The first kappa shape index (κ1) is 21.5. The summed E-state index contributed by atoms with van der Waals surface area (Å²) >= 11 is 7.19. The molecular formula is C18H17ClN6O4S. The molecule has 1 amide bonds. The molecule has 3 rings (SSSR count). The van der Waals surface area contributed by atoms with Gasteiger partial charge in [-0.2, -0.15) is 4.68 Å². The van der Waals surface area contributed by atoms with Crippen LogP contribution in [0.2, 0.25) is 5.02 Å². The summed E-state index contributed by atoms with van der Waals surface area (Å²) < 4.78 is 6.88. The van der Waals surface area contributed by atoms with Crippen molar-refractivity contribution in [2.24, 2.45) is 0 Å². The molecule has 0 aliphatic carbocycles. The topological polar surface area (TPSA) is 125 Å². The second-order valence-electron chi connectivity index (χ2n) is 6.22. The lowest BCUT2D eigenvalue weighted by molar-refractivity contribution is -0.384. The minimum atomic E-state index is -0.586. The first-order valence-electron chi connectivity index (χ1n) is 8.65. The lowest BCUT2D eigenvalue weighted by Crippen LogP contribution is -2.23. The number of nitro benzene ring substituents is 1. The molecule has 1 aromatic heterocycles. The molecule has 1 heterocycles. The van der Waals surface area contributed by atoms with E-state index in [2.05, 4.69) is 20.8 Å². The number of nitro groups is 1. The van der Waals surface area contributed by atoms with Gasteiger partial charge in [0.05, 0.1) is 28.0 Å². The zero-order valence-corrected chi connectivity index (χ0v) is 17.8. The molecule has 0 saturated heterocycles. The Balaban J connectivity index is 1.77. The van der Waals surface area contributed by atoms with Crippen molar-refractivity contribution >= 4 is 40.6 Å². The molecule has 0 spiro atoms. The zero-order valence-electron chi connectivity index (χ0n) is 16.2. The van der Waals surface area contributed by atoms with Crippen LogP contribution in [0.25, 0.3) is 5.69 Å². The van der Waals surface area contributed by atoms with Gasteiger partial charge in [-0.3, -0.25) is 14.9 Å². The van der Waals surface area contributed by atoms with E-state index in [0.29, 0.717) is 16.6 Å². The second kappa shape index (κ2) is 9.09. The number of aromatic nitrogens is 4. The fourth-order valence-corrected chi connectivity index (χ4v) is 3.56. The fraction of sp³-hybridized carbons (Fsp3) is 0.222. The lowest BCUT2D eigenvalue weighted by atomic mass is 10.2. The Morgan fingerprint density at radius 1 is 1.33 bits per heavy atom. The van der Waals surface area contributed by atoms with E-state index in [1.807, 2.05) is 25.1 Å². The molecule has 0 unspecified atom stereocenters. The molecule has 12 heteroatoms. The number of rotatable bonds is 7. The van der Waals surface area contributed by atoms with Gasteiger partial charge in [0.1, 0.15) is 11.4 Å². The molecule has 156 valence electrons. The van der Waals surface area contributed by atoms with E-state index in [4.69, 9.17) is 16.3 Å². The van der Waals surface area contributed by atoms with Crippen LogP contribution in [-0.2, 0) is 4.79 Å². The van der Waals surface area contributed by atoms with Crippen molar-refractivity contribution in [3.8, 4) is 11.4 Å². The summed E-state index contributed by atoms with van der Waals surface area (Å²) in [5.74, 6) is 0.228. The maximum absolute atomic E-state index is 12.6. The number of carbonyl (C=O) groups is 1. The molecule has 10 nitrogen and oxygen atoms in total. The molecule has 30 heavy (non-hydrogen) atoms. The van der Waals surface area contributed by atoms with Crippen molar-refractivity contribution in [3.05, 3.63) is 57.1 Å². The zero-order chi connectivity index (χ0) is 21.8. The van der Waals surface area contributed by atoms with Crippen LogP contribution in [0, 0.1) is 17.0 Å². The lowest BCUT2D eigenvalue weighted by Gasteiger charge is -2.14. The average molecular weight is 449 g/mol. The van der Waals surface area contributed by atoms with Gasteiger partial charge in [0.2, 0.25) is 11.1 Å². The van der Waals surface area contributed by atoms with Gasteiger partial charge in [-0.1, -0.05) is 29.4 Å². The fourth-order valence-electron chi connectivity index (χ4n) is 2.53. The normalized spacial score (nSPS) is 11.7. The SMILES string of the molecule is COc1ccc(C)cc1-n1nnnc1S[C@H](C)C(=O)Nc1ccc([N+](=O)[O-])cc1Cl. The monoisotopic (exact) mass is 448 g/mol. The van der Waals surface area contributed by atoms with Crippen molar-refractivity contribution in [1.82, 2.24) is 20.2 Å². The van der Waals surface area contributed by atoms with Gasteiger partial charge in [-0.25, -0.2) is 0 Å². The molecule has 0 radical (unpaired) electrons. The minimum Gasteiger partial charge on any atom is -0.494 e. The van der Waals surface area contributed by atoms with Crippen molar-refractivity contribution in [2.45, 2.75) is 24.3 Å². The van der Waals surface area contributed by atoms with Gasteiger partial charge in [-0.15, -0.1) is 5.10 Å². The van der Waals surface area contributed by atoms with Crippen LogP contribution in [0.3, 0.4) is 0 Å². The van der Waals surface area contributed by atoms with Gasteiger partial charge in [0.15, 0.2) is 0 Å². The highest BCUT2D eigenvalue weighted by Crippen LogP contribution is 2.30. The Hall–Kier alpha value is -3.18. The molecular weight excluding hydrogens is 432 g/mol. The van der Waals surface area contributed by atoms with Crippen molar-refractivity contribution in [3.63, 3.8) is 0 Å². The van der Waals surface area contributed by atoms with Crippen LogP contribution >= 0.6 is 23.4 Å². The molecule has 1 N–H and O–H groups in total. The summed E-state index contributed by atoms with van der Waals surface area (Å²) in [7, 11) is 1.55. The number of nitrogens with one attached hydrogen (secondary N) is 1. The third-order valence-corrected chi connectivity index (χ3v) is 5.42. The molecule has 3 aromatic rings. The van der Waals surface area contributed by atoms with E-state index >= 15 is 0 Å². The Bertz CT molecular complexity index is 1110. The number of anilines is 1. The Morgan fingerprint density at radius 2 is 2.10 bits per heavy atom. The molecule has 0 aliphatic heterocycles. The summed E-state index contributed by atoms with van der Waals surface area (Å²) in [4.78, 5) is 22.9. The number of halogens is 1. The molecule has 1 atom stereocenters. The average Bonchev–Trinajstić information content (AvgIpc) is 3.17. The summed E-state index contributed by atoms with van der Waals surface area (Å²) in [5, 5.41) is 25.1. The Morgan fingerprint density at radius 3 is 2.77 bits per heavy atom. The molecule has 0 fully saturated rings. The number of hydrogen-bond acceptors (Lipinski definition) is 8. The maximum Gasteiger partial charge on any atom is 0.271 e. The van der Waals surface area contributed by atoms with Gasteiger partial charge in [-0.05, 0) is 48.0 Å². The van der Waals surface area contributed by atoms with E-state index in [-0.39, 0.29) is 22.3 Å². The number of thioether (sulfide) groups is 1. The highest BCUT2D eigenvalue weighted by Gasteiger charge is 2.22. The summed E-state index contributed by atoms with van der Waals surface area (Å²) in [6.45, 7) is 3.62. The molecule has 0 saturated carbocycles. The van der Waals surface area contributed by atoms with Crippen LogP contribution in [-0.4, -0.2) is 43.4 Å². The second-order valence-corrected chi connectivity index (χ2v) is 7.93. The first-order valence-corrected chi connectivity index (χ1v) is 9.90.